The van der Waals surface area contributed by atoms with Gasteiger partial charge < -0.3 is 35.4 Å². The molecule has 0 aliphatic heterocycles. The molecule has 0 amide bonds. The Morgan fingerprint density at radius 1 is 1.02 bits per heavy atom. The molecule has 1 fully saturated rings. The van der Waals surface area contributed by atoms with Crippen molar-refractivity contribution in [3.8, 4) is 16.9 Å². The van der Waals surface area contributed by atoms with E-state index >= 15 is 0 Å². The van der Waals surface area contributed by atoms with E-state index in [-0.39, 0.29) is 29.7 Å². The minimum Gasteiger partial charge on any atom is -0.508 e. The summed E-state index contributed by atoms with van der Waals surface area (Å²) in [6.45, 7) is 3.09. The fraction of sp³-hybridized carbons (Fsp3) is 0.310. The van der Waals surface area contributed by atoms with Gasteiger partial charge in [-0.1, -0.05) is 25.1 Å². The Morgan fingerprint density at radius 3 is 2.38 bits per heavy atom. The number of Topliss-reactive ketones (excluding diaryl/α,β-unsaturated/α-hetero) is 2. The maximum atomic E-state index is 13.8. The summed E-state index contributed by atoms with van der Waals surface area (Å²) in [4.78, 5) is 50.5. The second-order valence-corrected chi connectivity index (χ2v) is 10.6. The number of esters is 1. The molecule has 2 aromatic rings. The highest BCUT2D eigenvalue weighted by Crippen LogP contribution is 2.59. The molecule has 0 unspecified atom stereocenters. The number of aliphatic hydroxyl groups excluding tert-OH is 2. The number of carbonyl (C=O) groups is 4. The summed E-state index contributed by atoms with van der Waals surface area (Å²) >= 11 is 0. The van der Waals surface area contributed by atoms with Crippen molar-refractivity contribution in [3.63, 3.8) is 0 Å². The Balaban J connectivity index is 1.74. The molecule has 6 N–H and O–H groups in total. The number of aliphatic hydroxyl groups is 4. The lowest BCUT2D eigenvalue weighted by atomic mass is 9.50. The molecule has 0 radical (unpaired) electrons. The van der Waals surface area contributed by atoms with Crippen LogP contribution in [0.4, 0.5) is 0 Å². The van der Waals surface area contributed by atoms with Crippen LogP contribution in [0.15, 0.2) is 53.3 Å². The second-order valence-electron chi connectivity index (χ2n) is 10.6. The van der Waals surface area contributed by atoms with Crippen molar-refractivity contribution in [2.24, 2.45) is 5.41 Å². The van der Waals surface area contributed by atoms with Crippen LogP contribution in [-0.4, -0.2) is 72.0 Å². The van der Waals surface area contributed by atoms with Crippen molar-refractivity contribution < 1.29 is 54.6 Å². The molecule has 5 rings (SSSR count). The van der Waals surface area contributed by atoms with E-state index < -0.39 is 81.4 Å². The van der Waals surface area contributed by atoms with Gasteiger partial charge >= 0.3 is 11.9 Å². The Kier molecular flexibility index (Phi) is 5.94. The maximum absolute atomic E-state index is 13.8. The smallest absolute Gasteiger partial charge is 0.342 e. The van der Waals surface area contributed by atoms with Crippen LogP contribution >= 0.6 is 0 Å². The lowest BCUT2D eigenvalue weighted by molar-refractivity contribution is -0.172. The standard InChI is InChI=1S/C29H26O11/c1-3-40-26(37)14-6-4-5-13(9-14)15-7-8-17(30)19-16(15)10-28(38)12-27(2)11-18(31)20(25(35)36)23(33)29(27,39)24(34)21(28)22(19)32/h4-9,30,32-33,38-39H,3,10-12H2,1-2H3,(H,35,36)/t27-,28-,29-/m0/s1. The van der Waals surface area contributed by atoms with Gasteiger partial charge in [0.2, 0.25) is 5.78 Å². The number of ether oxygens (including phenoxy) is 1. The van der Waals surface area contributed by atoms with Crippen molar-refractivity contribution in [1.29, 1.82) is 0 Å². The number of carboxylic acids is 1. The summed E-state index contributed by atoms with van der Waals surface area (Å²) in [6.07, 6.45) is -1.57. The molecule has 3 atom stereocenters. The highest BCUT2D eigenvalue weighted by Gasteiger charge is 2.70. The fourth-order valence-electron chi connectivity index (χ4n) is 6.37. The van der Waals surface area contributed by atoms with E-state index in [4.69, 9.17) is 4.74 Å². The number of hydrogen-bond acceptors (Lipinski definition) is 10. The summed E-state index contributed by atoms with van der Waals surface area (Å²) in [5.41, 5.74) is -7.72. The molecule has 11 nitrogen and oxygen atoms in total. The molecule has 208 valence electrons. The van der Waals surface area contributed by atoms with Gasteiger partial charge in [-0.3, -0.25) is 9.59 Å². The predicted octanol–water partition coefficient (Wildman–Crippen LogP) is 2.37. The van der Waals surface area contributed by atoms with E-state index in [0.717, 1.165) is 0 Å². The zero-order valence-corrected chi connectivity index (χ0v) is 21.5. The third-order valence-electron chi connectivity index (χ3n) is 8.12. The predicted molar refractivity (Wildman–Crippen MR) is 137 cm³/mol. The van der Waals surface area contributed by atoms with Crippen LogP contribution in [0, 0.1) is 5.41 Å². The zero-order valence-electron chi connectivity index (χ0n) is 21.5. The van der Waals surface area contributed by atoms with Crippen LogP contribution < -0.4 is 0 Å². The average molecular weight is 551 g/mol. The summed E-state index contributed by atoms with van der Waals surface area (Å²) in [5.74, 6) is -7.52. The molecule has 0 saturated heterocycles. The van der Waals surface area contributed by atoms with E-state index in [1.165, 1.54) is 25.1 Å². The minimum atomic E-state index is -2.94. The third-order valence-corrected chi connectivity index (χ3v) is 8.12. The highest BCUT2D eigenvalue weighted by atomic mass is 16.5. The van der Waals surface area contributed by atoms with Gasteiger partial charge in [-0.25, -0.2) is 9.59 Å². The lowest BCUT2D eigenvalue weighted by Gasteiger charge is -2.55. The number of phenols is 1. The van der Waals surface area contributed by atoms with Gasteiger partial charge in [0.25, 0.3) is 0 Å². The van der Waals surface area contributed by atoms with E-state index in [1.54, 1.807) is 25.1 Å². The molecule has 2 aromatic carbocycles. The van der Waals surface area contributed by atoms with Crippen LogP contribution in [0.5, 0.6) is 5.75 Å². The Morgan fingerprint density at radius 2 is 1.73 bits per heavy atom. The van der Waals surface area contributed by atoms with Crippen LogP contribution in [0.2, 0.25) is 0 Å². The first-order valence-electron chi connectivity index (χ1n) is 12.5. The van der Waals surface area contributed by atoms with Crippen molar-refractivity contribution in [3.05, 3.63) is 70.0 Å². The molecule has 3 aliphatic carbocycles. The fourth-order valence-corrected chi connectivity index (χ4v) is 6.37. The Hall–Kier alpha value is -4.48. The molecule has 1 saturated carbocycles. The first-order chi connectivity index (χ1) is 18.7. The first kappa shape index (κ1) is 27.1. The largest absolute Gasteiger partial charge is 0.508 e. The molecule has 0 aromatic heterocycles. The molecule has 0 bridgehead atoms. The number of ketones is 2. The molecule has 11 heteroatoms. The van der Waals surface area contributed by atoms with Gasteiger partial charge in [0.1, 0.15) is 22.7 Å². The molecular weight excluding hydrogens is 524 g/mol. The van der Waals surface area contributed by atoms with E-state index in [2.05, 4.69) is 0 Å². The van der Waals surface area contributed by atoms with Crippen molar-refractivity contribution in [1.82, 2.24) is 0 Å². The van der Waals surface area contributed by atoms with Crippen LogP contribution in [-0.2, 0) is 25.5 Å². The first-order valence-corrected chi connectivity index (χ1v) is 12.5. The van der Waals surface area contributed by atoms with Crippen molar-refractivity contribution in [2.45, 2.75) is 44.3 Å². The summed E-state index contributed by atoms with van der Waals surface area (Å²) < 4.78 is 5.06. The van der Waals surface area contributed by atoms with E-state index in [9.17, 15) is 49.8 Å². The van der Waals surface area contributed by atoms with Gasteiger partial charge in [0, 0.05) is 18.3 Å². The number of aliphatic carboxylic acids is 1. The summed E-state index contributed by atoms with van der Waals surface area (Å²) in [7, 11) is 0. The highest BCUT2D eigenvalue weighted by molar-refractivity contribution is 6.22. The van der Waals surface area contributed by atoms with Crippen molar-refractivity contribution >= 4 is 29.3 Å². The van der Waals surface area contributed by atoms with E-state index in [1.807, 2.05) is 0 Å². The van der Waals surface area contributed by atoms with Crippen molar-refractivity contribution in [2.75, 3.05) is 6.61 Å². The minimum absolute atomic E-state index is 0.159. The topological polar surface area (TPSA) is 199 Å². The number of benzene rings is 2. The normalized spacial score (nSPS) is 27.6. The van der Waals surface area contributed by atoms with Crippen LogP contribution in [0.1, 0.15) is 48.2 Å². The maximum Gasteiger partial charge on any atom is 0.342 e. The van der Waals surface area contributed by atoms with Gasteiger partial charge in [-0.05, 0) is 48.2 Å². The number of carbonyl (C=O) groups excluding carboxylic acids is 3. The number of fused-ring (bicyclic) bond motifs is 3. The molecule has 0 heterocycles. The SMILES string of the molecule is CCOC(=O)c1cccc(-c2ccc(O)c3c2C[C@]2(O)C[C@]4(C)CC(=O)C(C(=O)O)=C(O)[C@]4(O)C(=O)C2=C3O)c1. The molecule has 0 spiro atoms. The Labute approximate surface area is 227 Å². The van der Waals surface area contributed by atoms with Gasteiger partial charge in [0.05, 0.1) is 23.3 Å². The molecular formula is C29H26O11. The Bertz CT molecular complexity index is 1600. The van der Waals surface area contributed by atoms with Gasteiger partial charge in [-0.15, -0.1) is 0 Å². The monoisotopic (exact) mass is 550 g/mol. The lowest BCUT2D eigenvalue weighted by Crippen LogP contribution is -2.67. The number of phenolic OH excluding ortho intramolecular Hbond substituents is 1. The number of rotatable bonds is 4. The van der Waals surface area contributed by atoms with E-state index in [0.29, 0.717) is 11.1 Å². The van der Waals surface area contributed by atoms with Crippen LogP contribution in [0.3, 0.4) is 0 Å². The van der Waals surface area contributed by atoms with Crippen LogP contribution in [0.25, 0.3) is 16.9 Å². The third kappa shape index (κ3) is 3.51. The summed E-state index contributed by atoms with van der Waals surface area (Å²) in [6, 6.07) is 9.11. The summed E-state index contributed by atoms with van der Waals surface area (Å²) in [5, 5.41) is 65.7. The van der Waals surface area contributed by atoms with Gasteiger partial charge in [0.15, 0.2) is 17.1 Å². The zero-order chi connectivity index (χ0) is 29.4. The quantitative estimate of drug-likeness (QED) is 0.241. The number of hydrogen-bond donors (Lipinski definition) is 6. The number of aromatic hydroxyl groups is 1. The number of carboxylic acid groups (broad SMARTS) is 1. The molecule has 3 aliphatic rings. The average Bonchev–Trinajstić information content (AvgIpc) is 2.86. The van der Waals surface area contributed by atoms with Gasteiger partial charge in [-0.2, -0.15) is 0 Å². The molecule has 40 heavy (non-hydrogen) atoms. The second kappa shape index (κ2) is 8.77.